The number of hydrogen-bond acceptors (Lipinski definition) is 2. The molecule has 2 nitrogen and oxygen atoms in total. The number of hydrogen-bond donors (Lipinski definition) is 1. The molecule has 1 aliphatic rings. The van der Waals surface area contributed by atoms with Crippen molar-refractivity contribution in [3.05, 3.63) is 29.6 Å². The molecule has 1 N–H and O–H groups in total. The number of para-hydroxylation sites is 1. The van der Waals surface area contributed by atoms with Gasteiger partial charge in [0.1, 0.15) is 0 Å². The van der Waals surface area contributed by atoms with Crippen LogP contribution in [0.3, 0.4) is 0 Å². The zero-order chi connectivity index (χ0) is 12.5. The fraction of sp³-hybridized carbons (Fsp3) is 0.571. The maximum Gasteiger partial charge on any atom is 0.165 e. The Morgan fingerprint density at radius 3 is 2.88 bits per heavy atom. The average molecular weight is 237 g/mol. The minimum absolute atomic E-state index is 0.198. The number of likely N-dealkylation sites (tertiary alicyclic amines) is 1. The number of aromatic hydroxyl groups is 1. The molecule has 0 amide bonds. The largest absolute Gasteiger partial charge is 0.505 e. The lowest BCUT2D eigenvalue weighted by Crippen LogP contribution is -2.39. The summed E-state index contributed by atoms with van der Waals surface area (Å²) in [4.78, 5) is 2.29. The molecule has 1 fully saturated rings. The van der Waals surface area contributed by atoms with Gasteiger partial charge in [0.05, 0.1) is 0 Å². The van der Waals surface area contributed by atoms with Crippen molar-refractivity contribution < 1.29 is 9.50 Å². The monoisotopic (exact) mass is 237 g/mol. The zero-order valence-electron chi connectivity index (χ0n) is 10.5. The summed E-state index contributed by atoms with van der Waals surface area (Å²) in [5.41, 5.74) is 1.00. The van der Waals surface area contributed by atoms with Crippen LogP contribution in [0.1, 0.15) is 32.3 Å². The first-order valence-corrected chi connectivity index (χ1v) is 6.17. The predicted molar refractivity (Wildman–Crippen MR) is 66.4 cm³/mol. The van der Waals surface area contributed by atoms with Gasteiger partial charge in [0.15, 0.2) is 11.6 Å². The first-order valence-electron chi connectivity index (χ1n) is 6.17. The average Bonchev–Trinajstić information content (AvgIpc) is 2.23. The van der Waals surface area contributed by atoms with Crippen LogP contribution in [0.4, 0.5) is 4.39 Å². The molecule has 3 heteroatoms. The van der Waals surface area contributed by atoms with Gasteiger partial charge in [-0.2, -0.15) is 0 Å². The summed E-state index contributed by atoms with van der Waals surface area (Å²) < 4.78 is 13.2. The molecule has 94 valence electrons. The molecule has 0 bridgehead atoms. The number of benzene rings is 1. The summed E-state index contributed by atoms with van der Waals surface area (Å²) in [7, 11) is 0. The molecule has 0 aliphatic carbocycles. The summed E-state index contributed by atoms with van der Waals surface area (Å²) in [6.07, 6.45) is 2.40. The summed E-state index contributed by atoms with van der Waals surface area (Å²) in [5.74, 6) is -0.727. The van der Waals surface area contributed by atoms with Gasteiger partial charge < -0.3 is 5.11 Å². The van der Waals surface area contributed by atoms with Crippen molar-refractivity contribution in [2.45, 2.75) is 33.2 Å². The molecule has 1 aliphatic heterocycles. The summed E-state index contributed by atoms with van der Waals surface area (Å²) in [5, 5.41) is 9.66. The Balaban J connectivity index is 2.08. The van der Waals surface area contributed by atoms with Crippen molar-refractivity contribution in [2.24, 2.45) is 5.41 Å². The van der Waals surface area contributed by atoms with E-state index in [4.69, 9.17) is 0 Å². The van der Waals surface area contributed by atoms with Gasteiger partial charge in [-0.1, -0.05) is 26.0 Å². The topological polar surface area (TPSA) is 23.5 Å². The Morgan fingerprint density at radius 1 is 1.41 bits per heavy atom. The van der Waals surface area contributed by atoms with E-state index in [1.807, 2.05) is 0 Å². The zero-order valence-corrected chi connectivity index (χ0v) is 10.5. The lowest BCUT2D eigenvalue weighted by Gasteiger charge is -2.38. The highest BCUT2D eigenvalue weighted by molar-refractivity contribution is 5.33. The van der Waals surface area contributed by atoms with E-state index in [0.29, 0.717) is 17.5 Å². The maximum absolute atomic E-state index is 13.2. The molecule has 1 aromatic carbocycles. The van der Waals surface area contributed by atoms with Gasteiger partial charge in [-0.05, 0) is 30.9 Å². The Morgan fingerprint density at radius 2 is 2.18 bits per heavy atom. The van der Waals surface area contributed by atoms with Crippen molar-refractivity contribution in [2.75, 3.05) is 13.1 Å². The highest BCUT2D eigenvalue weighted by atomic mass is 19.1. The number of phenols is 1. The van der Waals surface area contributed by atoms with Crippen LogP contribution >= 0.6 is 0 Å². The molecule has 0 radical (unpaired) electrons. The lowest BCUT2D eigenvalue weighted by molar-refractivity contribution is 0.111. The summed E-state index contributed by atoms with van der Waals surface area (Å²) in [6.45, 7) is 7.17. The van der Waals surface area contributed by atoms with Gasteiger partial charge in [-0.25, -0.2) is 4.39 Å². The summed E-state index contributed by atoms with van der Waals surface area (Å²) in [6, 6.07) is 4.73. The molecule has 1 heterocycles. The smallest absolute Gasteiger partial charge is 0.165 e. The molecule has 0 saturated carbocycles. The second-order valence-electron chi connectivity index (χ2n) is 5.73. The van der Waals surface area contributed by atoms with E-state index in [1.54, 1.807) is 12.1 Å². The Kier molecular flexibility index (Phi) is 3.38. The molecular formula is C14H20FNO. The minimum Gasteiger partial charge on any atom is -0.505 e. The third-order valence-electron chi connectivity index (χ3n) is 3.44. The van der Waals surface area contributed by atoms with Crippen molar-refractivity contribution >= 4 is 0 Å². The van der Waals surface area contributed by atoms with Crippen molar-refractivity contribution in [1.82, 2.24) is 4.90 Å². The van der Waals surface area contributed by atoms with E-state index >= 15 is 0 Å². The van der Waals surface area contributed by atoms with E-state index in [1.165, 1.54) is 18.9 Å². The number of rotatable bonds is 2. The normalized spacial score (nSPS) is 20.4. The van der Waals surface area contributed by atoms with Crippen LogP contribution in [0, 0.1) is 11.2 Å². The van der Waals surface area contributed by atoms with Crippen LogP contribution in [-0.4, -0.2) is 23.1 Å². The van der Waals surface area contributed by atoms with Crippen LogP contribution in [0.25, 0.3) is 0 Å². The number of nitrogens with zero attached hydrogens (tertiary/aromatic N) is 1. The van der Waals surface area contributed by atoms with Gasteiger partial charge in [0.2, 0.25) is 0 Å². The van der Waals surface area contributed by atoms with Gasteiger partial charge in [-0.3, -0.25) is 4.90 Å². The molecule has 0 spiro atoms. The second kappa shape index (κ2) is 4.65. The minimum atomic E-state index is -0.529. The number of halogens is 1. The molecule has 0 unspecified atom stereocenters. The van der Waals surface area contributed by atoms with Gasteiger partial charge in [-0.15, -0.1) is 0 Å². The number of piperidine rings is 1. The molecule has 1 aromatic rings. The van der Waals surface area contributed by atoms with Gasteiger partial charge >= 0.3 is 0 Å². The molecule has 17 heavy (non-hydrogen) atoms. The molecule has 2 rings (SSSR count). The van der Waals surface area contributed by atoms with Gasteiger partial charge in [0.25, 0.3) is 0 Å². The highest BCUT2D eigenvalue weighted by Crippen LogP contribution is 2.30. The summed E-state index contributed by atoms with van der Waals surface area (Å²) >= 11 is 0. The van der Waals surface area contributed by atoms with E-state index in [-0.39, 0.29) is 5.75 Å². The fourth-order valence-electron chi connectivity index (χ4n) is 2.61. The van der Waals surface area contributed by atoms with E-state index in [9.17, 15) is 9.50 Å². The van der Waals surface area contributed by atoms with Crippen molar-refractivity contribution in [1.29, 1.82) is 0 Å². The maximum atomic E-state index is 13.2. The highest BCUT2D eigenvalue weighted by Gasteiger charge is 2.26. The second-order valence-corrected chi connectivity index (χ2v) is 5.73. The van der Waals surface area contributed by atoms with Crippen LogP contribution in [0.2, 0.25) is 0 Å². The molecule has 0 aromatic heterocycles. The first kappa shape index (κ1) is 12.4. The predicted octanol–water partition coefficient (Wildman–Crippen LogP) is 3.15. The Hall–Kier alpha value is -1.09. The van der Waals surface area contributed by atoms with Crippen LogP contribution in [0.5, 0.6) is 5.75 Å². The fourth-order valence-corrected chi connectivity index (χ4v) is 2.61. The Bertz CT molecular complexity index is 403. The van der Waals surface area contributed by atoms with E-state index in [2.05, 4.69) is 18.7 Å². The quantitative estimate of drug-likeness (QED) is 0.854. The van der Waals surface area contributed by atoms with Crippen LogP contribution in [-0.2, 0) is 6.54 Å². The molecule has 0 atom stereocenters. The molecular weight excluding hydrogens is 217 g/mol. The van der Waals surface area contributed by atoms with Crippen molar-refractivity contribution in [3.63, 3.8) is 0 Å². The van der Waals surface area contributed by atoms with Crippen LogP contribution < -0.4 is 0 Å². The van der Waals surface area contributed by atoms with Crippen molar-refractivity contribution in [3.8, 4) is 5.75 Å². The van der Waals surface area contributed by atoms with Crippen LogP contribution in [0.15, 0.2) is 18.2 Å². The first-order chi connectivity index (χ1) is 7.98. The van der Waals surface area contributed by atoms with Gasteiger partial charge in [0, 0.05) is 18.7 Å². The third-order valence-corrected chi connectivity index (χ3v) is 3.44. The standard InChI is InChI=1S/C14H20FNO/c1-14(2)7-4-8-16(10-14)9-11-5-3-6-12(15)13(11)17/h3,5-6,17H,4,7-10H2,1-2H3. The van der Waals surface area contributed by atoms with E-state index in [0.717, 1.165) is 13.1 Å². The molecule has 1 saturated heterocycles. The Labute approximate surface area is 102 Å². The number of phenolic OH excluding ortho intramolecular Hbond substituents is 1. The lowest BCUT2D eigenvalue weighted by atomic mass is 9.84. The SMILES string of the molecule is CC1(C)CCCN(Cc2cccc(F)c2O)C1. The third kappa shape index (κ3) is 2.97. The van der Waals surface area contributed by atoms with E-state index < -0.39 is 5.82 Å².